The Morgan fingerprint density at radius 2 is 1.83 bits per heavy atom. The maximum absolute atomic E-state index is 15.1. The fourth-order valence-corrected chi connectivity index (χ4v) is 8.73. The van der Waals surface area contributed by atoms with Gasteiger partial charge in [0.05, 0.1) is 11.6 Å². The number of carbonyl (C=O) groups is 1. The van der Waals surface area contributed by atoms with Crippen LogP contribution in [-0.4, -0.2) is 66.3 Å². The molecule has 47 heavy (non-hydrogen) atoms. The van der Waals surface area contributed by atoms with Gasteiger partial charge in [-0.1, -0.05) is 25.5 Å². The first-order valence-electron chi connectivity index (χ1n) is 16.9. The molecule has 0 radical (unpaired) electrons. The quantitative estimate of drug-likeness (QED) is 0.299. The second kappa shape index (κ2) is 14.0. The SMILES string of the molecule is CCc1nccn1CC(c1cccc(F)c1)(C1CCN(CC2CN(c3c(F)cc(C#N)cc3F)C2)CC1)C1CCCC1NC(=O)NC. The molecule has 3 unspecified atom stereocenters. The minimum Gasteiger partial charge on any atom is -0.366 e. The largest absolute Gasteiger partial charge is 0.366 e. The smallest absolute Gasteiger partial charge is 0.314 e. The molecular weight excluding hydrogens is 603 g/mol. The second-order valence-electron chi connectivity index (χ2n) is 13.5. The number of benzene rings is 2. The van der Waals surface area contributed by atoms with Gasteiger partial charge in [0.25, 0.3) is 0 Å². The van der Waals surface area contributed by atoms with Crippen molar-refractivity contribution in [3.63, 3.8) is 0 Å². The highest BCUT2D eigenvalue weighted by Gasteiger charge is 2.52. The number of nitriles is 1. The summed E-state index contributed by atoms with van der Waals surface area (Å²) in [4.78, 5) is 21.4. The minimum absolute atomic E-state index is 0.0229. The highest BCUT2D eigenvalue weighted by Crippen LogP contribution is 2.52. The summed E-state index contributed by atoms with van der Waals surface area (Å²) in [5.74, 6) is -0.0644. The summed E-state index contributed by atoms with van der Waals surface area (Å²) in [5, 5.41) is 15.0. The summed E-state index contributed by atoms with van der Waals surface area (Å²) in [6.45, 7) is 6.43. The van der Waals surface area contributed by atoms with Gasteiger partial charge in [0.1, 0.15) is 17.3 Å². The number of hydrogen-bond donors (Lipinski definition) is 2. The van der Waals surface area contributed by atoms with Gasteiger partial charge in [-0.15, -0.1) is 0 Å². The van der Waals surface area contributed by atoms with Gasteiger partial charge in [0, 0.05) is 69.4 Å². The van der Waals surface area contributed by atoms with Gasteiger partial charge in [-0.05, 0) is 80.4 Å². The lowest BCUT2D eigenvalue weighted by atomic mass is 9.58. The third-order valence-electron chi connectivity index (χ3n) is 10.9. The molecule has 2 aliphatic heterocycles. The van der Waals surface area contributed by atoms with Crippen LogP contribution in [0.2, 0.25) is 0 Å². The van der Waals surface area contributed by atoms with E-state index in [1.807, 2.05) is 12.4 Å². The fraction of sp³-hybridized carbons (Fsp3) is 0.528. The van der Waals surface area contributed by atoms with Crippen molar-refractivity contribution in [2.24, 2.45) is 17.8 Å². The van der Waals surface area contributed by atoms with E-state index in [-0.39, 0.29) is 46.9 Å². The van der Waals surface area contributed by atoms with Crippen molar-refractivity contribution in [1.29, 1.82) is 5.26 Å². The maximum atomic E-state index is 15.1. The van der Waals surface area contributed by atoms with Gasteiger partial charge < -0.3 is 25.0 Å². The molecule has 250 valence electrons. The molecule has 1 aliphatic carbocycles. The average Bonchev–Trinajstić information content (AvgIpc) is 3.71. The first-order valence-corrected chi connectivity index (χ1v) is 16.9. The van der Waals surface area contributed by atoms with E-state index in [1.165, 1.54) is 6.07 Å². The number of rotatable bonds is 10. The van der Waals surface area contributed by atoms with Crippen molar-refractivity contribution >= 4 is 11.7 Å². The minimum atomic E-state index is -0.699. The Bertz CT molecular complexity index is 1580. The van der Waals surface area contributed by atoms with E-state index in [1.54, 1.807) is 30.1 Å². The topological polar surface area (TPSA) is 89.2 Å². The zero-order valence-corrected chi connectivity index (χ0v) is 27.2. The van der Waals surface area contributed by atoms with Gasteiger partial charge in [0.15, 0.2) is 11.6 Å². The average molecular weight is 648 g/mol. The van der Waals surface area contributed by atoms with Crippen LogP contribution >= 0.6 is 0 Å². The van der Waals surface area contributed by atoms with Crippen molar-refractivity contribution in [3.05, 3.63) is 83.2 Å². The van der Waals surface area contributed by atoms with Crippen molar-refractivity contribution in [1.82, 2.24) is 25.1 Å². The molecule has 3 heterocycles. The van der Waals surface area contributed by atoms with Gasteiger partial charge in [0.2, 0.25) is 0 Å². The van der Waals surface area contributed by atoms with Crippen LogP contribution in [0, 0.1) is 46.5 Å². The molecule has 0 bridgehead atoms. The number of halogens is 3. The Kier molecular flexibility index (Phi) is 9.78. The van der Waals surface area contributed by atoms with Gasteiger partial charge >= 0.3 is 6.03 Å². The normalized spacial score (nSPS) is 22.0. The van der Waals surface area contributed by atoms with Gasteiger partial charge in [-0.2, -0.15) is 5.26 Å². The third kappa shape index (κ3) is 6.57. The van der Waals surface area contributed by atoms with Crippen LogP contribution < -0.4 is 15.5 Å². The summed E-state index contributed by atoms with van der Waals surface area (Å²) >= 11 is 0. The van der Waals surface area contributed by atoms with Crippen LogP contribution in [0.3, 0.4) is 0 Å². The Balaban J connectivity index is 1.23. The molecule has 2 saturated heterocycles. The number of aromatic nitrogens is 2. The standard InChI is InChI=1S/C36H44F3N7O/c1-3-33-42-12-15-45(33)23-36(27-6-4-7-28(37)18-27,29-8-5-9-32(29)43-35(47)41-2)26-10-13-44(14-11-26)20-25-21-46(22-25)34-30(38)16-24(19-40)17-31(34)39/h4,6-7,12,15-18,25-26,29,32H,3,5,8-11,13-14,20-23H2,1-2H3,(H2,41,43,47). The molecule has 3 fully saturated rings. The number of nitrogens with one attached hydrogen (secondary N) is 2. The molecule has 3 aliphatic rings. The molecule has 3 aromatic rings. The summed E-state index contributed by atoms with van der Waals surface area (Å²) in [6.07, 6.45) is 9.25. The summed E-state index contributed by atoms with van der Waals surface area (Å²) in [7, 11) is 1.63. The summed E-state index contributed by atoms with van der Waals surface area (Å²) < 4.78 is 46.5. The molecule has 2 N–H and O–H groups in total. The first kappa shape index (κ1) is 32.9. The molecule has 1 aromatic heterocycles. The van der Waals surface area contributed by atoms with E-state index >= 15 is 4.39 Å². The lowest BCUT2D eigenvalue weighted by Crippen LogP contribution is -2.57. The number of aryl methyl sites for hydroxylation is 1. The number of imidazole rings is 1. The van der Waals surface area contributed by atoms with Crippen LogP contribution in [0.1, 0.15) is 56.0 Å². The fourth-order valence-electron chi connectivity index (χ4n) is 8.73. The lowest BCUT2D eigenvalue weighted by molar-refractivity contribution is 0.0559. The predicted molar refractivity (Wildman–Crippen MR) is 174 cm³/mol. The van der Waals surface area contributed by atoms with Crippen LogP contribution in [0.25, 0.3) is 0 Å². The highest BCUT2D eigenvalue weighted by atomic mass is 19.1. The zero-order valence-electron chi connectivity index (χ0n) is 27.2. The van der Waals surface area contributed by atoms with Crippen molar-refractivity contribution in [2.45, 2.75) is 63.5 Å². The van der Waals surface area contributed by atoms with E-state index in [4.69, 9.17) is 5.26 Å². The van der Waals surface area contributed by atoms with Gasteiger partial charge in [-0.25, -0.2) is 22.9 Å². The van der Waals surface area contributed by atoms with E-state index in [0.29, 0.717) is 19.6 Å². The molecule has 1 saturated carbocycles. The summed E-state index contributed by atoms with van der Waals surface area (Å²) in [5.41, 5.74) is 0.453. The van der Waals surface area contributed by atoms with Crippen molar-refractivity contribution < 1.29 is 18.0 Å². The summed E-state index contributed by atoms with van der Waals surface area (Å²) in [6, 6.07) is 10.8. The van der Waals surface area contributed by atoms with Crippen LogP contribution in [-0.2, 0) is 18.4 Å². The number of anilines is 1. The van der Waals surface area contributed by atoms with E-state index < -0.39 is 17.0 Å². The van der Waals surface area contributed by atoms with E-state index in [9.17, 15) is 13.6 Å². The molecule has 8 nitrogen and oxygen atoms in total. The number of nitrogens with zero attached hydrogens (tertiary/aromatic N) is 5. The van der Waals surface area contributed by atoms with Crippen molar-refractivity contribution in [2.75, 3.05) is 44.7 Å². The zero-order chi connectivity index (χ0) is 33.1. The maximum Gasteiger partial charge on any atom is 0.314 e. The monoisotopic (exact) mass is 647 g/mol. The predicted octanol–water partition coefficient (Wildman–Crippen LogP) is 5.62. The van der Waals surface area contributed by atoms with E-state index in [2.05, 4.69) is 38.1 Å². The Morgan fingerprint density at radius 1 is 1.09 bits per heavy atom. The highest BCUT2D eigenvalue weighted by molar-refractivity contribution is 5.74. The van der Waals surface area contributed by atoms with Crippen LogP contribution in [0.5, 0.6) is 0 Å². The van der Waals surface area contributed by atoms with Gasteiger partial charge in [-0.3, -0.25) is 0 Å². The number of piperidine rings is 1. The molecular formula is C36H44F3N7O. The molecule has 6 rings (SSSR count). The number of carbonyl (C=O) groups excluding carboxylic acids is 1. The molecule has 2 amide bonds. The van der Waals surface area contributed by atoms with E-state index in [0.717, 1.165) is 81.7 Å². The Hall–Kier alpha value is -4.04. The molecule has 11 heteroatoms. The van der Waals surface area contributed by atoms with Crippen LogP contribution in [0.4, 0.5) is 23.7 Å². The number of hydrogen-bond acceptors (Lipinski definition) is 5. The third-order valence-corrected chi connectivity index (χ3v) is 10.9. The first-order chi connectivity index (χ1) is 22.7. The number of amides is 2. The van der Waals surface area contributed by atoms with Crippen LogP contribution in [0.15, 0.2) is 48.8 Å². The molecule has 2 aromatic carbocycles. The Morgan fingerprint density at radius 3 is 2.49 bits per heavy atom. The number of likely N-dealkylation sites (tertiary alicyclic amines) is 1. The second-order valence-corrected chi connectivity index (χ2v) is 13.5. The lowest BCUT2D eigenvalue weighted by Gasteiger charge is -2.51. The number of urea groups is 1. The molecule has 3 atom stereocenters. The molecule has 0 spiro atoms. The Labute approximate surface area is 275 Å². The van der Waals surface area contributed by atoms with Crippen molar-refractivity contribution in [3.8, 4) is 6.07 Å².